The Balaban J connectivity index is 1.73. The molecule has 18 heavy (non-hydrogen) atoms. The minimum atomic E-state index is -0.0357. The standard InChI is InChI=1S/C12H12N4OS/c17-11(16-10-3-1-5-13-9-10)4-8-18-12-14-6-2-7-15-12/h1-3,5-7,9H,4,8H2,(H,16,17). The molecule has 0 saturated heterocycles. The van der Waals surface area contributed by atoms with E-state index in [9.17, 15) is 4.79 Å². The van der Waals surface area contributed by atoms with Crippen molar-refractivity contribution in [2.24, 2.45) is 0 Å². The predicted molar refractivity (Wildman–Crippen MR) is 70.2 cm³/mol. The van der Waals surface area contributed by atoms with Crippen molar-refractivity contribution in [2.45, 2.75) is 11.6 Å². The van der Waals surface area contributed by atoms with Gasteiger partial charge in [-0.25, -0.2) is 9.97 Å². The first kappa shape index (κ1) is 12.5. The average Bonchev–Trinajstić information content (AvgIpc) is 2.41. The van der Waals surface area contributed by atoms with Crippen molar-refractivity contribution in [2.75, 3.05) is 11.1 Å². The van der Waals surface area contributed by atoms with Gasteiger partial charge in [0.15, 0.2) is 5.16 Å². The zero-order chi connectivity index (χ0) is 12.6. The molecular weight excluding hydrogens is 248 g/mol. The van der Waals surface area contributed by atoms with E-state index in [2.05, 4.69) is 20.3 Å². The van der Waals surface area contributed by atoms with Gasteiger partial charge in [-0.15, -0.1) is 0 Å². The van der Waals surface area contributed by atoms with E-state index in [1.165, 1.54) is 11.8 Å². The molecule has 0 atom stereocenters. The van der Waals surface area contributed by atoms with Gasteiger partial charge in [-0.2, -0.15) is 0 Å². The van der Waals surface area contributed by atoms with Crippen LogP contribution < -0.4 is 5.32 Å². The molecule has 0 aliphatic rings. The minimum absolute atomic E-state index is 0.0357. The number of rotatable bonds is 5. The van der Waals surface area contributed by atoms with Crippen LogP contribution in [-0.4, -0.2) is 26.6 Å². The summed E-state index contributed by atoms with van der Waals surface area (Å²) in [7, 11) is 0. The van der Waals surface area contributed by atoms with E-state index >= 15 is 0 Å². The number of hydrogen-bond donors (Lipinski definition) is 1. The first-order valence-electron chi connectivity index (χ1n) is 5.44. The molecule has 5 nitrogen and oxygen atoms in total. The Bertz CT molecular complexity index is 492. The number of nitrogens with zero attached hydrogens (tertiary/aromatic N) is 3. The molecule has 0 radical (unpaired) electrons. The van der Waals surface area contributed by atoms with Crippen LogP contribution in [0.2, 0.25) is 0 Å². The molecule has 1 amide bonds. The fourth-order valence-corrected chi connectivity index (χ4v) is 2.00. The van der Waals surface area contributed by atoms with Crippen molar-refractivity contribution in [1.82, 2.24) is 15.0 Å². The molecule has 0 spiro atoms. The van der Waals surface area contributed by atoms with Gasteiger partial charge in [0.1, 0.15) is 0 Å². The monoisotopic (exact) mass is 260 g/mol. The lowest BCUT2D eigenvalue weighted by Crippen LogP contribution is -2.12. The van der Waals surface area contributed by atoms with Crippen molar-refractivity contribution in [3.8, 4) is 0 Å². The normalized spacial score (nSPS) is 10.0. The van der Waals surface area contributed by atoms with E-state index in [0.29, 0.717) is 23.0 Å². The molecule has 92 valence electrons. The zero-order valence-corrected chi connectivity index (χ0v) is 10.4. The van der Waals surface area contributed by atoms with Crippen LogP contribution in [0.3, 0.4) is 0 Å². The van der Waals surface area contributed by atoms with Crippen LogP contribution in [0.1, 0.15) is 6.42 Å². The van der Waals surface area contributed by atoms with Gasteiger partial charge < -0.3 is 5.32 Å². The fraction of sp³-hybridized carbons (Fsp3) is 0.167. The Morgan fingerprint density at radius 3 is 2.78 bits per heavy atom. The van der Waals surface area contributed by atoms with Gasteiger partial charge in [0.2, 0.25) is 5.91 Å². The molecule has 0 aliphatic carbocycles. The number of aromatic nitrogens is 3. The minimum Gasteiger partial charge on any atom is -0.325 e. The smallest absolute Gasteiger partial charge is 0.225 e. The molecule has 0 aromatic carbocycles. The fourth-order valence-electron chi connectivity index (χ4n) is 1.26. The van der Waals surface area contributed by atoms with Gasteiger partial charge >= 0.3 is 0 Å². The number of anilines is 1. The molecular formula is C12H12N4OS. The van der Waals surface area contributed by atoms with Crippen LogP contribution in [-0.2, 0) is 4.79 Å². The molecule has 2 aromatic rings. The lowest BCUT2D eigenvalue weighted by atomic mass is 10.4. The second kappa shape index (κ2) is 6.70. The van der Waals surface area contributed by atoms with Gasteiger partial charge in [0.05, 0.1) is 11.9 Å². The molecule has 2 heterocycles. The van der Waals surface area contributed by atoms with Gasteiger partial charge in [-0.1, -0.05) is 11.8 Å². The molecule has 0 fully saturated rings. The third-order valence-corrected chi connectivity index (χ3v) is 2.92. The Morgan fingerprint density at radius 2 is 2.06 bits per heavy atom. The highest BCUT2D eigenvalue weighted by Gasteiger charge is 2.03. The Morgan fingerprint density at radius 1 is 1.22 bits per heavy atom. The zero-order valence-electron chi connectivity index (χ0n) is 9.61. The number of carbonyl (C=O) groups excluding carboxylic acids is 1. The SMILES string of the molecule is O=C(CCSc1ncccn1)Nc1cccnc1. The van der Waals surface area contributed by atoms with Crippen molar-refractivity contribution >= 4 is 23.4 Å². The maximum absolute atomic E-state index is 11.6. The topological polar surface area (TPSA) is 67.8 Å². The Labute approximate surface area is 109 Å². The van der Waals surface area contributed by atoms with Crippen LogP contribution in [0.5, 0.6) is 0 Å². The number of amides is 1. The summed E-state index contributed by atoms with van der Waals surface area (Å²) in [6, 6.07) is 5.35. The first-order valence-corrected chi connectivity index (χ1v) is 6.43. The molecule has 0 aliphatic heterocycles. The van der Waals surface area contributed by atoms with Crippen molar-refractivity contribution in [1.29, 1.82) is 0 Å². The van der Waals surface area contributed by atoms with Gasteiger partial charge in [-0.05, 0) is 18.2 Å². The summed E-state index contributed by atoms with van der Waals surface area (Å²) in [5.74, 6) is 0.613. The van der Waals surface area contributed by atoms with Crippen LogP contribution in [0.15, 0.2) is 48.1 Å². The molecule has 0 unspecified atom stereocenters. The van der Waals surface area contributed by atoms with E-state index in [-0.39, 0.29) is 5.91 Å². The van der Waals surface area contributed by atoms with Crippen LogP contribution >= 0.6 is 11.8 Å². The summed E-state index contributed by atoms with van der Waals surface area (Å²) in [6.07, 6.45) is 7.07. The number of pyridine rings is 1. The second-order valence-electron chi connectivity index (χ2n) is 3.42. The molecule has 2 aromatic heterocycles. The number of carbonyl (C=O) groups is 1. The van der Waals surface area contributed by atoms with Gasteiger partial charge in [0.25, 0.3) is 0 Å². The highest BCUT2D eigenvalue weighted by molar-refractivity contribution is 7.99. The van der Waals surface area contributed by atoms with Crippen LogP contribution in [0.4, 0.5) is 5.69 Å². The first-order chi connectivity index (χ1) is 8.84. The maximum atomic E-state index is 11.6. The van der Waals surface area contributed by atoms with E-state index in [1.807, 2.05) is 0 Å². The van der Waals surface area contributed by atoms with Crippen molar-refractivity contribution in [3.05, 3.63) is 43.0 Å². The van der Waals surface area contributed by atoms with Crippen molar-refractivity contribution < 1.29 is 4.79 Å². The maximum Gasteiger partial charge on any atom is 0.225 e. The van der Waals surface area contributed by atoms with E-state index < -0.39 is 0 Å². The highest BCUT2D eigenvalue weighted by atomic mass is 32.2. The number of thioether (sulfide) groups is 1. The highest BCUT2D eigenvalue weighted by Crippen LogP contribution is 2.12. The van der Waals surface area contributed by atoms with Gasteiger partial charge in [0, 0.05) is 30.8 Å². The molecule has 0 bridgehead atoms. The Kier molecular flexibility index (Phi) is 4.66. The molecule has 6 heteroatoms. The average molecular weight is 260 g/mol. The van der Waals surface area contributed by atoms with E-state index in [1.54, 1.807) is 43.0 Å². The second-order valence-corrected chi connectivity index (χ2v) is 4.48. The number of nitrogens with one attached hydrogen (secondary N) is 1. The molecule has 0 saturated carbocycles. The summed E-state index contributed by atoms with van der Waals surface area (Å²) >= 11 is 1.46. The van der Waals surface area contributed by atoms with Crippen LogP contribution in [0.25, 0.3) is 0 Å². The van der Waals surface area contributed by atoms with E-state index in [0.717, 1.165) is 0 Å². The third kappa shape index (κ3) is 4.14. The molecule has 1 N–H and O–H groups in total. The summed E-state index contributed by atoms with van der Waals surface area (Å²) in [4.78, 5) is 23.7. The summed E-state index contributed by atoms with van der Waals surface area (Å²) < 4.78 is 0. The summed E-state index contributed by atoms with van der Waals surface area (Å²) in [5, 5.41) is 3.46. The number of hydrogen-bond acceptors (Lipinski definition) is 5. The quantitative estimate of drug-likeness (QED) is 0.657. The largest absolute Gasteiger partial charge is 0.325 e. The van der Waals surface area contributed by atoms with Crippen LogP contribution in [0, 0.1) is 0 Å². The van der Waals surface area contributed by atoms with E-state index in [4.69, 9.17) is 0 Å². The predicted octanol–water partition coefficient (Wildman–Crippen LogP) is 1.99. The van der Waals surface area contributed by atoms with Crippen molar-refractivity contribution in [3.63, 3.8) is 0 Å². The lowest BCUT2D eigenvalue weighted by molar-refractivity contribution is -0.115. The summed E-state index contributed by atoms with van der Waals surface area (Å²) in [6.45, 7) is 0. The third-order valence-electron chi connectivity index (χ3n) is 2.05. The summed E-state index contributed by atoms with van der Waals surface area (Å²) in [5.41, 5.74) is 0.712. The lowest BCUT2D eigenvalue weighted by Gasteiger charge is -2.03. The molecule has 2 rings (SSSR count). The van der Waals surface area contributed by atoms with Gasteiger partial charge in [-0.3, -0.25) is 9.78 Å². The Hall–Kier alpha value is -1.95.